The lowest BCUT2D eigenvalue weighted by Gasteiger charge is -2.18. The van der Waals surface area contributed by atoms with E-state index in [2.05, 4.69) is 5.32 Å². The number of carbonyl (C=O) groups excluding carboxylic acids is 1. The molecule has 2 aromatic carbocycles. The highest BCUT2D eigenvalue weighted by Gasteiger charge is 2.45. The first-order valence-electron chi connectivity index (χ1n) is 6.86. The Morgan fingerprint density at radius 1 is 1.10 bits per heavy atom. The quantitative estimate of drug-likeness (QED) is 0.933. The Labute approximate surface area is 128 Å². The van der Waals surface area contributed by atoms with Crippen molar-refractivity contribution in [3.8, 4) is 5.75 Å². The van der Waals surface area contributed by atoms with Gasteiger partial charge >= 0.3 is 0 Å². The van der Waals surface area contributed by atoms with E-state index in [0.717, 1.165) is 24.2 Å². The van der Waals surface area contributed by atoms with Gasteiger partial charge in [-0.15, -0.1) is 0 Å². The van der Waals surface area contributed by atoms with E-state index in [-0.39, 0.29) is 11.4 Å². The molecule has 0 heterocycles. The summed E-state index contributed by atoms with van der Waals surface area (Å²) in [6.07, 6.45) is 1.91. The van der Waals surface area contributed by atoms with Crippen LogP contribution in [0.3, 0.4) is 0 Å². The van der Waals surface area contributed by atoms with E-state index < -0.39 is 0 Å². The topological polar surface area (TPSA) is 38.3 Å². The molecule has 0 atom stereocenters. The van der Waals surface area contributed by atoms with Crippen molar-refractivity contribution < 1.29 is 9.53 Å². The average Bonchev–Trinajstić information content (AvgIpc) is 3.28. The fraction of sp³-hybridized carbons (Fsp3) is 0.235. The van der Waals surface area contributed by atoms with Gasteiger partial charge in [-0.25, -0.2) is 0 Å². The van der Waals surface area contributed by atoms with Gasteiger partial charge in [0, 0.05) is 10.6 Å². The lowest BCUT2D eigenvalue weighted by molar-refractivity contribution is 0.0931. The highest BCUT2D eigenvalue weighted by atomic mass is 35.5. The van der Waals surface area contributed by atoms with Gasteiger partial charge in [-0.05, 0) is 54.8 Å². The van der Waals surface area contributed by atoms with Crippen LogP contribution in [-0.4, -0.2) is 13.0 Å². The monoisotopic (exact) mass is 301 g/mol. The molecule has 0 bridgehead atoms. The van der Waals surface area contributed by atoms with Crippen molar-refractivity contribution in [2.45, 2.75) is 18.4 Å². The van der Waals surface area contributed by atoms with Crippen molar-refractivity contribution in [1.29, 1.82) is 0 Å². The lowest BCUT2D eigenvalue weighted by atomic mass is 10.0. The molecule has 0 unspecified atom stereocenters. The number of benzene rings is 2. The standard InChI is InChI=1S/C17H16ClNO2/c1-21-15-8-2-12(3-9-15)16(20)19-17(10-11-17)13-4-6-14(18)7-5-13/h2-9H,10-11H2,1H3,(H,19,20). The van der Waals surface area contributed by atoms with Crippen LogP contribution in [0, 0.1) is 0 Å². The third kappa shape index (κ3) is 2.88. The van der Waals surface area contributed by atoms with Crippen molar-refractivity contribution in [3.63, 3.8) is 0 Å². The maximum absolute atomic E-state index is 12.4. The third-order valence-corrected chi connectivity index (χ3v) is 4.10. The lowest BCUT2D eigenvalue weighted by Crippen LogP contribution is -2.34. The molecule has 1 N–H and O–H groups in total. The third-order valence-electron chi connectivity index (χ3n) is 3.85. The van der Waals surface area contributed by atoms with Gasteiger partial charge in [0.2, 0.25) is 0 Å². The predicted molar refractivity (Wildman–Crippen MR) is 82.8 cm³/mol. The molecule has 0 aromatic heterocycles. The Morgan fingerprint density at radius 2 is 1.71 bits per heavy atom. The van der Waals surface area contributed by atoms with Gasteiger partial charge < -0.3 is 10.1 Å². The zero-order valence-corrected chi connectivity index (χ0v) is 12.5. The second-order valence-corrected chi connectivity index (χ2v) is 5.71. The minimum atomic E-state index is -0.235. The fourth-order valence-electron chi connectivity index (χ4n) is 2.41. The summed E-state index contributed by atoms with van der Waals surface area (Å²) < 4.78 is 5.10. The van der Waals surface area contributed by atoms with Gasteiger partial charge in [0.25, 0.3) is 5.91 Å². The van der Waals surface area contributed by atoms with Crippen LogP contribution in [-0.2, 0) is 5.54 Å². The number of hydrogen-bond acceptors (Lipinski definition) is 2. The predicted octanol–water partition coefficient (Wildman–Crippen LogP) is 3.77. The highest BCUT2D eigenvalue weighted by Crippen LogP contribution is 2.45. The molecule has 3 nitrogen and oxygen atoms in total. The van der Waals surface area contributed by atoms with Crippen LogP contribution in [0.1, 0.15) is 28.8 Å². The number of hydrogen-bond donors (Lipinski definition) is 1. The second-order valence-electron chi connectivity index (χ2n) is 5.27. The number of rotatable bonds is 4. The summed E-state index contributed by atoms with van der Waals surface area (Å²) >= 11 is 5.91. The van der Waals surface area contributed by atoms with Crippen molar-refractivity contribution in [1.82, 2.24) is 5.32 Å². The van der Waals surface area contributed by atoms with Gasteiger partial charge in [-0.1, -0.05) is 23.7 Å². The molecule has 0 aliphatic heterocycles. The molecule has 0 saturated heterocycles. The van der Waals surface area contributed by atoms with Gasteiger partial charge in [0.05, 0.1) is 12.6 Å². The van der Waals surface area contributed by atoms with E-state index in [1.54, 1.807) is 31.4 Å². The SMILES string of the molecule is COc1ccc(C(=O)NC2(c3ccc(Cl)cc3)CC2)cc1. The normalized spacial score (nSPS) is 15.3. The van der Waals surface area contributed by atoms with Crippen molar-refractivity contribution in [3.05, 3.63) is 64.7 Å². The maximum Gasteiger partial charge on any atom is 0.251 e. The molecule has 21 heavy (non-hydrogen) atoms. The molecule has 3 rings (SSSR count). The van der Waals surface area contributed by atoms with E-state index >= 15 is 0 Å². The Balaban J connectivity index is 1.76. The van der Waals surface area contributed by atoms with Crippen LogP contribution < -0.4 is 10.1 Å². The number of nitrogens with one attached hydrogen (secondary N) is 1. The molecule has 1 aliphatic carbocycles. The first-order valence-corrected chi connectivity index (χ1v) is 7.23. The molecule has 108 valence electrons. The van der Waals surface area contributed by atoms with Gasteiger partial charge in [0.15, 0.2) is 0 Å². The Morgan fingerprint density at radius 3 is 2.24 bits per heavy atom. The first-order chi connectivity index (χ1) is 10.1. The molecule has 0 spiro atoms. The van der Waals surface area contributed by atoms with Crippen molar-refractivity contribution >= 4 is 17.5 Å². The van der Waals surface area contributed by atoms with E-state index in [9.17, 15) is 4.79 Å². The van der Waals surface area contributed by atoms with E-state index in [1.165, 1.54) is 0 Å². The summed E-state index contributed by atoms with van der Waals surface area (Å²) in [7, 11) is 1.61. The van der Waals surface area contributed by atoms with Crippen LogP contribution >= 0.6 is 11.6 Å². The second kappa shape index (κ2) is 5.41. The van der Waals surface area contributed by atoms with E-state index in [0.29, 0.717) is 10.6 Å². The Bertz CT molecular complexity index is 645. The summed E-state index contributed by atoms with van der Waals surface area (Å²) in [5.41, 5.74) is 1.51. The summed E-state index contributed by atoms with van der Waals surface area (Å²) in [5, 5.41) is 3.84. The Hall–Kier alpha value is -2.00. The number of amides is 1. The molecule has 1 saturated carbocycles. The highest BCUT2D eigenvalue weighted by molar-refractivity contribution is 6.30. The zero-order valence-electron chi connectivity index (χ0n) is 11.7. The van der Waals surface area contributed by atoms with Gasteiger partial charge in [0.1, 0.15) is 5.75 Å². The minimum Gasteiger partial charge on any atom is -0.497 e. The van der Waals surface area contributed by atoms with Crippen LogP contribution in [0.2, 0.25) is 5.02 Å². The average molecular weight is 302 g/mol. The van der Waals surface area contributed by atoms with Crippen LogP contribution in [0.15, 0.2) is 48.5 Å². The summed E-state index contributed by atoms with van der Waals surface area (Å²) in [4.78, 5) is 12.4. The molecule has 2 aromatic rings. The van der Waals surface area contributed by atoms with E-state index in [1.807, 2.05) is 24.3 Å². The number of halogens is 1. The largest absolute Gasteiger partial charge is 0.497 e. The van der Waals surface area contributed by atoms with Gasteiger partial charge in [-0.3, -0.25) is 4.79 Å². The number of carbonyl (C=O) groups is 1. The van der Waals surface area contributed by atoms with Crippen molar-refractivity contribution in [2.24, 2.45) is 0 Å². The zero-order chi connectivity index (χ0) is 14.9. The first kappa shape index (κ1) is 14.0. The molecular formula is C17H16ClNO2. The smallest absolute Gasteiger partial charge is 0.251 e. The molecule has 1 fully saturated rings. The minimum absolute atomic E-state index is 0.0647. The molecule has 0 radical (unpaired) electrons. The maximum atomic E-state index is 12.4. The van der Waals surface area contributed by atoms with E-state index in [4.69, 9.17) is 16.3 Å². The van der Waals surface area contributed by atoms with Crippen LogP contribution in [0.5, 0.6) is 5.75 Å². The Kier molecular flexibility index (Phi) is 3.60. The molecular weight excluding hydrogens is 286 g/mol. The molecule has 1 aliphatic rings. The molecule has 1 amide bonds. The molecule has 4 heteroatoms. The van der Waals surface area contributed by atoms with Crippen LogP contribution in [0.4, 0.5) is 0 Å². The van der Waals surface area contributed by atoms with Crippen molar-refractivity contribution in [2.75, 3.05) is 7.11 Å². The van der Waals surface area contributed by atoms with Crippen LogP contribution in [0.25, 0.3) is 0 Å². The van der Waals surface area contributed by atoms with Gasteiger partial charge in [-0.2, -0.15) is 0 Å². The number of ether oxygens (including phenoxy) is 1. The fourth-order valence-corrected chi connectivity index (χ4v) is 2.54. The summed E-state index contributed by atoms with van der Waals surface area (Å²) in [6.45, 7) is 0. The summed E-state index contributed by atoms with van der Waals surface area (Å²) in [5.74, 6) is 0.676. The number of methoxy groups -OCH3 is 1. The summed E-state index contributed by atoms with van der Waals surface area (Å²) in [6, 6.07) is 14.8.